The maximum Gasteiger partial charge on any atom is 0.166 e. The molecule has 0 spiro atoms. The molecule has 1 rings (SSSR count). The van der Waals surface area contributed by atoms with Crippen molar-refractivity contribution >= 4 is 29.0 Å². The fraction of sp³-hybridized carbons (Fsp3) is 0.444. The van der Waals surface area contributed by atoms with Crippen LogP contribution >= 0.6 is 23.2 Å². The first-order chi connectivity index (χ1) is 6.59. The molecular formula is C9H11Cl2FN2. The van der Waals surface area contributed by atoms with Crippen LogP contribution in [0.4, 0.5) is 10.2 Å². The highest BCUT2D eigenvalue weighted by Gasteiger charge is 2.04. The molecule has 1 heterocycles. The average molecular weight is 237 g/mol. The quantitative estimate of drug-likeness (QED) is 0.812. The summed E-state index contributed by atoms with van der Waals surface area (Å²) >= 11 is 11.3. The average Bonchev–Trinajstić information content (AvgIpc) is 2.08. The van der Waals surface area contributed by atoms with Crippen LogP contribution in [0.1, 0.15) is 13.3 Å². The lowest BCUT2D eigenvalue weighted by molar-refractivity contribution is 0.623. The summed E-state index contributed by atoms with van der Waals surface area (Å²) in [5, 5.41) is 3.20. The van der Waals surface area contributed by atoms with Crippen molar-refractivity contribution in [3.05, 3.63) is 23.1 Å². The Balaban J connectivity index is 2.51. The van der Waals surface area contributed by atoms with E-state index in [0.717, 1.165) is 6.42 Å². The Morgan fingerprint density at radius 1 is 1.64 bits per heavy atom. The fourth-order valence-corrected chi connectivity index (χ4v) is 1.19. The Bertz CT molecular complexity index is 305. The number of aromatic nitrogens is 1. The molecule has 1 atom stereocenters. The molecule has 14 heavy (non-hydrogen) atoms. The van der Waals surface area contributed by atoms with Gasteiger partial charge in [-0.2, -0.15) is 0 Å². The molecule has 78 valence electrons. The van der Waals surface area contributed by atoms with Gasteiger partial charge in [0, 0.05) is 18.1 Å². The second-order valence-electron chi connectivity index (χ2n) is 2.98. The molecule has 0 radical (unpaired) electrons. The minimum absolute atomic E-state index is 0.0675. The van der Waals surface area contributed by atoms with Crippen LogP contribution in [-0.4, -0.2) is 16.9 Å². The molecule has 0 bridgehead atoms. The van der Waals surface area contributed by atoms with Crippen LogP contribution in [0.15, 0.2) is 12.3 Å². The van der Waals surface area contributed by atoms with Gasteiger partial charge >= 0.3 is 0 Å². The van der Waals surface area contributed by atoms with E-state index in [1.54, 1.807) is 0 Å². The van der Waals surface area contributed by atoms with Crippen molar-refractivity contribution in [3.63, 3.8) is 0 Å². The third-order valence-corrected chi connectivity index (χ3v) is 2.07. The van der Waals surface area contributed by atoms with Gasteiger partial charge in [0.1, 0.15) is 0 Å². The molecule has 0 aliphatic rings. The zero-order chi connectivity index (χ0) is 10.6. The summed E-state index contributed by atoms with van der Waals surface area (Å²) in [6.45, 7) is 2.48. The number of nitrogens with zero attached hydrogens (tertiary/aromatic N) is 1. The van der Waals surface area contributed by atoms with Gasteiger partial charge in [0.15, 0.2) is 11.6 Å². The Hall–Kier alpha value is -0.540. The number of pyridine rings is 1. The van der Waals surface area contributed by atoms with Gasteiger partial charge in [-0.3, -0.25) is 0 Å². The van der Waals surface area contributed by atoms with E-state index in [1.807, 2.05) is 6.92 Å². The molecule has 1 N–H and O–H groups in total. The fourth-order valence-electron chi connectivity index (χ4n) is 0.934. The smallest absolute Gasteiger partial charge is 0.166 e. The van der Waals surface area contributed by atoms with Crippen LogP contribution in [-0.2, 0) is 0 Å². The molecule has 1 aromatic heterocycles. The lowest BCUT2D eigenvalue weighted by atomic mass is 10.3. The normalized spacial score (nSPS) is 12.6. The summed E-state index contributed by atoms with van der Waals surface area (Å²) in [5.74, 6) is -0.230. The van der Waals surface area contributed by atoms with E-state index in [1.165, 1.54) is 12.3 Å². The highest BCUT2D eigenvalue weighted by atomic mass is 35.5. The first-order valence-electron chi connectivity index (χ1n) is 4.28. The van der Waals surface area contributed by atoms with Crippen molar-refractivity contribution in [1.29, 1.82) is 0 Å². The first kappa shape index (κ1) is 11.5. The molecule has 0 aliphatic carbocycles. The Morgan fingerprint density at radius 3 is 2.93 bits per heavy atom. The lowest BCUT2D eigenvalue weighted by Gasteiger charge is -2.07. The van der Waals surface area contributed by atoms with Crippen LogP contribution in [0.5, 0.6) is 0 Å². The summed E-state index contributed by atoms with van der Waals surface area (Å²) in [5.41, 5.74) is 0. The highest BCUT2D eigenvalue weighted by Crippen LogP contribution is 2.15. The largest absolute Gasteiger partial charge is 0.368 e. The second kappa shape index (κ2) is 5.37. The minimum atomic E-state index is -0.445. The van der Waals surface area contributed by atoms with Crippen molar-refractivity contribution in [1.82, 2.24) is 4.98 Å². The van der Waals surface area contributed by atoms with Crippen LogP contribution in [0, 0.1) is 5.82 Å². The van der Waals surface area contributed by atoms with E-state index >= 15 is 0 Å². The maximum absolute atomic E-state index is 13.1. The van der Waals surface area contributed by atoms with Crippen molar-refractivity contribution in [3.8, 4) is 0 Å². The third-order valence-electron chi connectivity index (χ3n) is 1.64. The lowest BCUT2D eigenvalue weighted by Crippen LogP contribution is -2.08. The molecular weight excluding hydrogens is 226 g/mol. The highest BCUT2D eigenvalue weighted by molar-refractivity contribution is 6.30. The van der Waals surface area contributed by atoms with Crippen molar-refractivity contribution < 1.29 is 4.39 Å². The monoisotopic (exact) mass is 236 g/mol. The molecule has 0 saturated heterocycles. The van der Waals surface area contributed by atoms with Gasteiger partial charge in [-0.25, -0.2) is 9.37 Å². The first-order valence-corrected chi connectivity index (χ1v) is 5.10. The third kappa shape index (κ3) is 3.68. The standard InChI is InChI=1S/C9H11Cl2FN2/c1-6(10)2-3-13-9-8(12)4-7(11)5-14-9/h4-6H,2-3H2,1H3,(H,13,14). The Labute approximate surface area is 92.4 Å². The number of alkyl halides is 1. The van der Waals surface area contributed by atoms with Crippen LogP contribution in [0.2, 0.25) is 5.02 Å². The molecule has 1 aromatic rings. The van der Waals surface area contributed by atoms with E-state index in [9.17, 15) is 4.39 Å². The number of rotatable bonds is 4. The molecule has 0 aliphatic heterocycles. The minimum Gasteiger partial charge on any atom is -0.368 e. The van der Waals surface area contributed by atoms with Gasteiger partial charge in [-0.1, -0.05) is 11.6 Å². The molecule has 0 fully saturated rings. The van der Waals surface area contributed by atoms with E-state index in [2.05, 4.69) is 10.3 Å². The molecule has 5 heteroatoms. The summed E-state index contributed by atoms with van der Waals surface area (Å²) in [7, 11) is 0. The number of hydrogen-bond donors (Lipinski definition) is 1. The molecule has 0 amide bonds. The maximum atomic E-state index is 13.1. The summed E-state index contributed by atoms with van der Waals surface area (Å²) in [6, 6.07) is 1.22. The van der Waals surface area contributed by atoms with Gasteiger partial charge in [-0.15, -0.1) is 11.6 Å². The number of nitrogens with one attached hydrogen (secondary N) is 1. The van der Waals surface area contributed by atoms with Crippen molar-refractivity contribution in [2.24, 2.45) is 0 Å². The Morgan fingerprint density at radius 2 is 2.36 bits per heavy atom. The van der Waals surface area contributed by atoms with E-state index in [-0.39, 0.29) is 11.2 Å². The van der Waals surface area contributed by atoms with E-state index in [4.69, 9.17) is 23.2 Å². The molecule has 1 unspecified atom stereocenters. The van der Waals surface area contributed by atoms with Crippen LogP contribution in [0.25, 0.3) is 0 Å². The molecule has 0 aromatic carbocycles. The zero-order valence-corrected chi connectivity index (χ0v) is 9.24. The predicted octanol–water partition coefficient (Wildman–Crippen LogP) is 3.30. The van der Waals surface area contributed by atoms with Gasteiger partial charge in [0.05, 0.1) is 5.02 Å². The van der Waals surface area contributed by atoms with Crippen molar-refractivity contribution in [2.45, 2.75) is 18.7 Å². The topological polar surface area (TPSA) is 24.9 Å². The summed E-state index contributed by atoms with van der Waals surface area (Å²) in [6.07, 6.45) is 2.16. The summed E-state index contributed by atoms with van der Waals surface area (Å²) in [4.78, 5) is 3.81. The predicted molar refractivity (Wildman–Crippen MR) is 57.6 cm³/mol. The van der Waals surface area contributed by atoms with Crippen LogP contribution < -0.4 is 5.32 Å². The van der Waals surface area contributed by atoms with E-state index in [0.29, 0.717) is 11.6 Å². The molecule has 0 saturated carbocycles. The van der Waals surface area contributed by atoms with Gasteiger partial charge in [0.2, 0.25) is 0 Å². The molecule has 2 nitrogen and oxygen atoms in total. The SMILES string of the molecule is CC(Cl)CCNc1ncc(Cl)cc1F. The number of anilines is 1. The summed E-state index contributed by atoms with van der Waals surface area (Å²) < 4.78 is 13.1. The zero-order valence-electron chi connectivity index (χ0n) is 7.73. The number of hydrogen-bond acceptors (Lipinski definition) is 2. The van der Waals surface area contributed by atoms with Crippen molar-refractivity contribution in [2.75, 3.05) is 11.9 Å². The number of halogens is 3. The van der Waals surface area contributed by atoms with Gasteiger partial charge in [0.25, 0.3) is 0 Å². The second-order valence-corrected chi connectivity index (χ2v) is 4.16. The van der Waals surface area contributed by atoms with Gasteiger partial charge < -0.3 is 5.32 Å². The van der Waals surface area contributed by atoms with E-state index < -0.39 is 5.82 Å². The van der Waals surface area contributed by atoms with Crippen LogP contribution in [0.3, 0.4) is 0 Å². The van der Waals surface area contributed by atoms with Gasteiger partial charge in [-0.05, 0) is 19.4 Å². The Kier molecular flexibility index (Phi) is 4.42.